The number of anilines is 1. The summed E-state index contributed by atoms with van der Waals surface area (Å²) >= 11 is 1.32. The number of rotatable bonds is 10. The van der Waals surface area contributed by atoms with Crippen molar-refractivity contribution in [3.05, 3.63) is 81.7 Å². The zero-order valence-corrected chi connectivity index (χ0v) is 29.8. The topological polar surface area (TPSA) is 125 Å². The van der Waals surface area contributed by atoms with E-state index in [9.17, 15) is 22.8 Å². The van der Waals surface area contributed by atoms with Crippen LogP contribution in [-0.4, -0.2) is 60.8 Å². The summed E-state index contributed by atoms with van der Waals surface area (Å²) < 4.78 is 35.1. The van der Waals surface area contributed by atoms with Gasteiger partial charge in [0.2, 0.25) is 10.0 Å². The molecule has 3 amide bonds. The lowest BCUT2D eigenvalue weighted by molar-refractivity contribution is 0.0924. The van der Waals surface area contributed by atoms with E-state index in [-0.39, 0.29) is 34.7 Å². The predicted molar refractivity (Wildman–Crippen MR) is 190 cm³/mol. The highest BCUT2D eigenvalue weighted by atomic mass is 32.2. The highest BCUT2D eigenvalue weighted by molar-refractivity contribution is 7.89. The summed E-state index contributed by atoms with van der Waals surface area (Å²) in [5.74, 6) is -1.10. The fourth-order valence-corrected chi connectivity index (χ4v) is 10.7. The van der Waals surface area contributed by atoms with Crippen LogP contribution in [0.2, 0.25) is 0 Å². The Kier molecular flexibility index (Phi) is 11.5. The molecule has 2 fully saturated rings. The minimum atomic E-state index is -3.76. The van der Waals surface area contributed by atoms with Crippen LogP contribution in [0.15, 0.2) is 59.5 Å². The summed E-state index contributed by atoms with van der Waals surface area (Å²) in [7, 11) is -3.76. The van der Waals surface area contributed by atoms with E-state index in [1.165, 1.54) is 41.2 Å². The van der Waals surface area contributed by atoms with Gasteiger partial charge < -0.3 is 10.1 Å². The van der Waals surface area contributed by atoms with Crippen LogP contribution in [-0.2, 0) is 34.3 Å². The number of nitrogens with zero attached hydrogens (tertiary/aromatic N) is 2. The number of hydrogen-bond donors (Lipinski definition) is 2. The van der Waals surface area contributed by atoms with Gasteiger partial charge in [-0.2, -0.15) is 4.31 Å². The molecule has 0 spiro atoms. The summed E-state index contributed by atoms with van der Waals surface area (Å²) in [4.78, 5) is 42.7. The van der Waals surface area contributed by atoms with Gasteiger partial charge in [0.1, 0.15) is 5.00 Å². The van der Waals surface area contributed by atoms with Gasteiger partial charge in [0.05, 0.1) is 17.1 Å². The number of fused-ring (bicyclic) bond motifs is 1. The lowest BCUT2D eigenvalue weighted by atomic mass is 9.91. The molecule has 0 saturated heterocycles. The zero-order chi connectivity index (χ0) is 34.4. The molecule has 2 aliphatic carbocycles. The van der Waals surface area contributed by atoms with Crippen molar-refractivity contribution in [3.63, 3.8) is 0 Å². The normalized spacial score (nSPS) is 17.8. The molecule has 2 saturated carbocycles. The number of carbonyl (C=O) groups is 3. The summed E-state index contributed by atoms with van der Waals surface area (Å²) in [6.45, 7) is 3.82. The van der Waals surface area contributed by atoms with Crippen LogP contribution in [0.4, 0.5) is 9.80 Å². The van der Waals surface area contributed by atoms with E-state index >= 15 is 0 Å². The van der Waals surface area contributed by atoms with Gasteiger partial charge in [0.25, 0.3) is 11.8 Å². The van der Waals surface area contributed by atoms with Gasteiger partial charge in [-0.1, -0.05) is 68.9 Å². The highest BCUT2D eigenvalue weighted by Gasteiger charge is 2.38. The molecule has 0 radical (unpaired) electrons. The van der Waals surface area contributed by atoms with Crippen LogP contribution in [0, 0.1) is 0 Å². The number of nitrogens with one attached hydrogen (secondary N) is 2. The van der Waals surface area contributed by atoms with Crippen molar-refractivity contribution in [1.29, 1.82) is 0 Å². The van der Waals surface area contributed by atoms with Crippen LogP contribution in [0.25, 0.3) is 0 Å². The smallest absolute Gasteiger partial charge is 0.414 e. The van der Waals surface area contributed by atoms with Gasteiger partial charge in [-0.05, 0) is 74.4 Å². The van der Waals surface area contributed by atoms with E-state index in [0.717, 1.165) is 81.2 Å². The molecule has 49 heavy (non-hydrogen) atoms. The Labute approximate surface area is 293 Å². The van der Waals surface area contributed by atoms with Crippen LogP contribution < -0.4 is 10.6 Å². The standard InChI is InChI=1S/C37H46N4O6S2/c1-2-47-37(44)39-35(43)33-31-22-23-40(24-26-12-6-3-7-13-26)25-32(31)48-36(33)38-34(42)27-18-20-30(21-19-27)49(45,46)41(28-14-8-4-9-15-28)29-16-10-5-11-17-29/h3,6-7,12-13,18-21,28-29H,2,4-5,8-11,14-17,22-25H2,1H3,(H,38,42)(H,39,43,44). The molecule has 12 heteroatoms. The molecule has 3 aliphatic rings. The van der Waals surface area contributed by atoms with Gasteiger partial charge in [-0.15, -0.1) is 11.3 Å². The van der Waals surface area contributed by atoms with Crippen molar-refractivity contribution in [1.82, 2.24) is 14.5 Å². The molecule has 2 N–H and O–H groups in total. The first-order chi connectivity index (χ1) is 23.7. The number of amides is 3. The summed E-state index contributed by atoms with van der Waals surface area (Å²) in [6.07, 6.45) is 9.72. The molecule has 262 valence electrons. The number of carbonyl (C=O) groups excluding carboxylic acids is 3. The van der Waals surface area contributed by atoms with E-state index in [2.05, 4.69) is 27.7 Å². The summed E-state index contributed by atoms with van der Waals surface area (Å²) in [5.41, 5.74) is 2.52. The molecule has 0 unspecified atom stereocenters. The number of ether oxygens (including phenoxy) is 1. The van der Waals surface area contributed by atoms with Crippen LogP contribution in [0.3, 0.4) is 0 Å². The molecule has 1 aromatic heterocycles. The monoisotopic (exact) mass is 706 g/mol. The molecule has 2 aromatic carbocycles. The summed E-state index contributed by atoms with van der Waals surface area (Å²) in [6, 6.07) is 16.3. The second-order valence-corrected chi connectivity index (χ2v) is 16.2. The molecule has 6 rings (SSSR count). The Bertz CT molecular complexity index is 1710. The molecule has 0 atom stereocenters. The first-order valence-electron chi connectivity index (χ1n) is 17.6. The third-order valence-electron chi connectivity index (χ3n) is 9.89. The first-order valence-corrected chi connectivity index (χ1v) is 19.8. The number of imide groups is 1. The van der Waals surface area contributed by atoms with E-state index in [1.807, 2.05) is 22.5 Å². The fraction of sp³-hybridized carbons (Fsp3) is 0.486. The number of alkyl carbamates (subject to hydrolysis) is 1. The maximum Gasteiger partial charge on any atom is 0.414 e. The van der Waals surface area contributed by atoms with Gasteiger partial charge in [0, 0.05) is 42.2 Å². The van der Waals surface area contributed by atoms with Gasteiger partial charge in [-0.3, -0.25) is 19.8 Å². The molecule has 2 heterocycles. The van der Waals surface area contributed by atoms with E-state index < -0.39 is 27.9 Å². The molecular weight excluding hydrogens is 661 g/mol. The van der Waals surface area contributed by atoms with Gasteiger partial charge >= 0.3 is 6.09 Å². The van der Waals surface area contributed by atoms with Crippen LogP contribution >= 0.6 is 11.3 Å². The van der Waals surface area contributed by atoms with Crippen molar-refractivity contribution in [3.8, 4) is 0 Å². The first kappa shape index (κ1) is 35.3. The van der Waals surface area contributed by atoms with Crippen LogP contribution in [0.5, 0.6) is 0 Å². The van der Waals surface area contributed by atoms with E-state index in [4.69, 9.17) is 4.74 Å². The van der Waals surface area contributed by atoms with Gasteiger partial charge in [-0.25, -0.2) is 13.2 Å². The van der Waals surface area contributed by atoms with Crippen molar-refractivity contribution in [2.24, 2.45) is 0 Å². The highest BCUT2D eigenvalue weighted by Crippen LogP contribution is 2.38. The maximum absolute atomic E-state index is 14.2. The second-order valence-electron chi connectivity index (χ2n) is 13.2. The summed E-state index contributed by atoms with van der Waals surface area (Å²) in [5, 5.41) is 5.55. The Morgan fingerprint density at radius 3 is 2.12 bits per heavy atom. The van der Waals surface area contributed by atoms with Crippen molar-refractivity contribution in [2.45, 2.75) is 108 Å². The number of thiophene rings is 1. The minimum absolute atomic E-state index is 0.0116. The SMILES string of the molecule is CCOC(=O)NC(=O)c1c(NC(=O)c2ccc(S(=O)(=O)N(C3CCCCC3)C3CCCCC3)cc2)sc2c1CCN(Cc1ccccc1)C2. The fourth-order valence-electron chi connectivity index (χ4n) is 7.52. The molecule has 3 aromatic rings. The lowest BCUT2D eigenvalue weighted by Crippen LogP contribution is -2.48. The Morgan fingerprint density at radius 2 is 1.51 bits per heavy atom. The zero-order valence-electron chi connectivity index (χ0n) is 28.1. The van der Waals surface area contributed by atoms with E-state index in [0.29, 0.717) is 24.5 Å². The van der Waals surface area contributed by atoms with E-state index in [1.54, 1.807) is 6.92 Å². The van der Waals surface area contributed by atoms with Crippen LogP contribution in [0.1, 0.15) is 108 Å². The maximum atomic E-state index is 14.2. The second kappa shape index (κ2) is 16.0. The quantitative estimate of drug-likeness (QED) is 0.230. The van der Waals surface area contributed by atoms with Crippen molar-refractivity contribution in [2.75, 3.05) is 18.5 Å². The van der Waals surface area contributed by atoms with Gasteiger partial charge in [0.15, 0.2) is 0 Å². The number of sulfonamides is 1. The predicted octanol–water partition coefficient (Wildman–Crippen LogP) is 7.10. The third-order valence-corrected chi connectivity index (χ3v) is 13.0. The average Bonchev–Trinajstić information content (AvgIpc) is 3.47. The molecule has 1 aliphatic heterocycles. The largest absolute Gasteiger partial charge is 0.450 e. The number of hydrogen-bond acceptors (Lipinski definition) is 8. The van der Waals surface area contributed by atoms with Crippen molar-refractivity contribution < 1.29 is 27.5 Å². The Balaban J connectivity index is 1.22. The van der Waals surface area contributed by atoms with Crippen molar-refractivity contribution >= 4 is 44.3 Å². The molecular formula is C37H46N4O6S2. The lowest BCUT2D eigenvalue weighted by Gasteiger charge is -2.40. The Hall–Kier alpha value is -3.58. The molecule has 0 bridgehead atoms. The number of benzene rings is 2. The minimum Gasteiger partial charge on any atom is -0.450 e. The third kappa shape index (κ3) is 8.25. The average molecular weight is 707 g/mol. The molecule has 10 nitrogen and oxygen atoms in total. The Morgan fingerprint density at radius 1 is 0.878 bits per heavy atom.